The van der Waals surface area contributed by atoms with E-state index in [1.54, 1.807) is 6.07 Å². The van der Waals surface area contributed by atoms with Gasteiger partial charge in [-0.05, 0) is 30.4 Å². The number of phenolic OH excluding ortho intramolecular Hbond substituents is 1. The van der Waals surface area contributed by atoms with Gasteiger partial charge in [0.25, 0.3) is 0 Å². The number of nitrogens with one attached hydrogen (secondary N) is 1. The summed E-state index contributed by atoms with van der Waals surface area (Å²) in [5, 5.41) is 31.6. The maximum atomic E-state index is 13.5. The molecule has 3 rings (SSSR count). The highest BCUT2D eigenvalue weighted by Crippen LogP contribution is 2.36. The lowest BCUT2D eigenvalue weighted by molar-refractivity contribution is -0.386. The van der Waals surface area contributed by atoms with E-state index in [0.717, 1.165) is 6.07 Å². The fourth-order valence-corrected chi connectivity index (χ4v) is 2.50. The number of benzene rings is 2. The average molecular weight is 389 g/mol. The molecular weight excluding hydrogens is 377 g/mol. The molecule has 2 aromatic carbocycles. The second-order valence-electron chi connectivity index (χ2n) is 5.27. The first-order valence-electron chi connectivity index (χ1n) is 7.44. The third-order valence-electron chi connectivity index (χ3n) is 3.55. The van der Waals surface area contributed by atoms with Gasteiger partial charge < -0.3 is 9.84 Å². The number of phenols is 1. The van der Waals surface area contributed by atoms with Crippen molar-refractivity contribution in [3.05, 3.63) is 62.7 Å². The van der Waals surface area contributed by atoms with E-state index in [4.69, 9.17) is 17.0 Å². The molecule has 0 aliphatic carbocycles. The molecule has 27 heavy (non-hydrogen) atoms. The molecule has 0 unspecified atom stereocenters. The first-order valence-corrected chi connectivity index (χ1v) is 7.84. The normalized spacial score (nSPS) is 11.0. The van der Waals surface area contributed by atoms with Gasteiger partial charge in [-0.3, -0.25) is 10.1 Å². The molecule has 11 heteroatoms. The summed E-state index contributed by atoms with van der Waals surface area (Å²) in [4.78, 5) is 10.3. The molecule has 2 N–H and O–H groups in total. The number of methoxy groups -OCH3 is 1. The summed E-state index contributed by atoms with van der Waals surface area (Å²) in [5.41, 5.74) is 0.190. The predicted octanol–water partition coefficient (Wildman–Crippen LogP) is 3.25. The highest BCUT2D eigenvalue weighted by Gasteiger charge is 2.19. The first kappa shape index (κ1) is 18.2. The maximum absolute atomic E-state index is 13.5. The predicted molar refractivity (Wildman–Crippen MR) is 97.1 cm³/mol. The molecule has 3 aromatic rings. The van der Waals surface area contributed by atoms with Gasteiger partial charge in [-0.25, -0.2) is 9.49 Å². The van der Waals surface area contributed by atoms with E-state index in [0.29, 0.717) is 5.56 Å². The van der Waals surface area contributed by atoms with Crippen LogP contribution in [0.5, 0.6) is 11.5 Å². The lowest BCUT2D eigenvalue weighted by Gasteiger charge is -2.05. The molecule has 1 heterocycles. The fraction of sp³-hybridized carbons (Fsp3) is 0.0625. The molecule has 0 saturated carbocycles. The van der Waals surface area contributed by atoms with Crippen molar-refractivity contribution in [3.63, 3.8) is 0 Å². The number of aromatic amines is 1. The summed E-state index contributed by atoms with van der Waals surface area (Å²) < 4.78 is 19.8. The van der Waals surface area contributed by atoms with Gasteiger partial charge in [-0.15, -0.1) is 0 Å². The van der Waals surface area contributed by atoms with E-state index in [1.807, 2.05) is 0 Å². The van der Waals surface area contributed by atoms with E-state index in [1.165, 1.54) is 42.3 Å². The van der Waals surface area contributed by atoms with Gasteiger partial charge in [0.1, 0.15) is 5.82 Å². The number of halogens is 1. The number of nitro groups is 1. The smallest absolute Gasteiger partial charge is 0.315 e. The second-order valence-corrected chi connectivity index (χ2v) is 5.65. The zero-order valence-corrected chi connectivity index (χ0v) is 14.6. The van der Waals surface area contributed by atoms with Crippen molar-refractivity contribution in [3.8, 4) is 22.9 Å². The van der Waals surface area contributed by atoms with Crippen LogP contribution in [0.2, 0.25) is 0 Å². The third-order valence-corrected chi connectivity index (χ3v) is 3.81. The molecule has 0 aliphatic rings. The number of hydrogen-bond acceptors (Lipinski definition) is 7. The Morgan fingerprint density at radius 1 is 1.44 bits per heavy atom. The topological polar surface area (TPSA) is 119 Å². The Kier molecular flexibility index (Phi) is 4.94. The summed E-state index contributed by atoms with van der Waals surface area (Å²) in [6.07, 6.45) is 1.28. The Morgan fingerprint density at radius 3 is 2.89 bits per heavy atom. The quantitative estimate of drug-likeness (QED) is 0.299. The minimum atomic E-state index is -0.739. The van der Waals surface area contributed by atoms with Gasteiger partial charge in [-0.2, -0.15) is 14.9 Å². The van der Waals surface area contributed by atoms with Crippen LogP contribution in [0.4, 0.5) is 10.1 Å². The lowest BCUT2D eigenvalue weighted by atomic mass is 10.2. The van der Waals surface area contributed by atoms with Crippen LogP contribution in [0.15, 0.2) is 41.5 Å². The first-order chi connectivity index (χ1) is 12.9. The van der Waals surface area contributed by atoms with Gasteiger partial charge >= 0.3 is 5.69 Å². The molecule has 0 amide bonds. The number of aromatic hydroxyl groups is 1. The Bertz CT molecular complexity index is 1110. The molecule has 0 spiro atoms. The molecular formula is C16H12FN5O4S. The van der Waals surface area contributed by atoms with Gasteiger partial charge in [-0.1, -0.05) is 12.1 Å². The molecule has 9 nitrogen and oxygen atoms in total. The number of ether oxygens (including phenoxy) is 1. The van der Waals surface area contributed by atoms with Crippen LogP contribution in [0.25, 0.3) is 11.4 Å². The highest BCUT2D eigenvalue weighted by molar-refractivity contribution is 7.71. The minimum absolute atomic E-state index is 0.0770. The van der Waals surface area contributed by atoms with E-state index in [2.05, 4.69) is 15.3 Å². The summed E-state index contributed by atoms with van der Waals surface area (Å²) in [6.45, 7) is 0. The largest absolute Gasteiger partial charge is 0.500 e. The van der Waals surface area contributed by atoms with Crippen molar-refractivity contribution in [1.29, 1.82) is 0 Å². The standard InChI is InChI=1S/C16H12FN5O4S/c1-26-13-6-9(5-12(14(13)23)22(24)25)8-18-21-15(19-20-16(21)27)10-3-2-4-11(17)7-10/h2-8,23H,1H3,(H,20,27)/b18-8-. The van der Waals surface area contributed by atoms with Crippen LogP contribution < -0.4 is 4.74 Å². The zero-order chi connectivity index (χ0) is 19.6. The molecule has 138 valence electrons. The fourth-order valence-electron chi connectivity index (χ4n) is 2.32. The second kappa shape index (κ2) is 7.33. The zero-order valence-electron chi connectivity index (χ0n) is 13.8. The van der Waals surface area contributed by atoms with E-state index < -0.39 is 22.2 Å². The van der Waals surface area contributed by atoms with E-state index >= 15 is 0 Å². The Hall–Kier alpha value is -3.60. The summed E-state index contributed by atoms with van der Waals surface area (Å²) in [6, 6.07) is 8.22. The number of hydrogen-bond donors (Lipinski definition) is 2. The highest BCUT2D eigenvalue weighted by atomic mass is 32.1. The molecule has 0 atom stereocenters. The molecule has 0 bridgehead atoms. The van der Waals surface area contributed by atoms with E-state index in [-0.39, 0.29) is 21.9 Å². The lowest BCUT2D eigenvalue weighted by Crippen LogP contribution is -1.97. The van der Waals surface area contributed by atoms with Crippen LogP contribution in [0, 0.1) is 20.7 Å². The van der Waals surface area contributed by atoms with Crippen LogP contribution in [0.3, 0.4) is 0 Å². The Labute approximate surface area is 156 Å². The van der Waals surface area contributed by atoms with Gasteiger partial charge in [0.05, 0.1) is 18.2 Å². The number of rotatable bonds is 5. The van der Waals surface area contributed by atoms with Crippen LogP contribution in [-0.4, -0.2) is 38.2 Å². The van der Waals surface area contributed by atoms with Crippen LogP contribution in [-0.2, 0) is 0 Å². The monoisotopic (exact) mass is 389 g/mol. The molecule has 0 saturated heterocycles. The Balaban J connectivity index is 2.05. The number of nitro benzene ring substituents is 1. The number of H-pyrrole nitrogens is 1. The molecule has 0 radical (unpaired) electrons. The SMILES string of the molecule is COc1cc(/C=N\n2c(-c3cccc(F)c3)n[nH]c2=S)cc([N+](=O)[O-])c1O. The summed E-state index contributed by atoms with van der Waals surface area (Å²) in [7, 11) is 1.27. The van der Waals surface area contributed by atoms with Crippen LogP contribution in [0.1, 0.15) is 5.56 Å². The van der Waals surface area contributed by atoms with Gasteiger partial charge in [0.15, 0.2) is 11.6 Å². The third kappa shape index (κ3) is 3.67. The van der Waals surface area contributed by atoms with Crippen molar-refractivity contribution in [2.24, 2.45) is 5.10 Å². The van der Waals surface area contributed by atoms with Crippen LogP contribution >= 0.6 is 12.2 Å². The number of aromatic nitrogens is 3. The van der Waals surface area contributed by atoms with Crippen molar-refractivity contribution in [1.82, 2.24) is 14.9 Å². The molecule has 1 aromatic heterocycles. The minimum Gasteiger partial charge on any atom is -0.500 e. The van der Waals surface area contributed by atoms with Gasteiger partial charge in [0, 0.05) is 17.2 Å². The summed E-state index contributed by atoms with van der Waals surface area (Å²) in [5.74, 6) is -0.848. The van der Waals surface area contributed by atoms with Crippen molar-refractivity contribution < 1.29 is 19.2 Å². The summed E-state index contributed by atoms with van der Waals surface area (Å²) >= 11 is 5.12. The van der Waals surface area contributed by atoms with Crippen molar-refractivity contribution in [2.45, 2.75) is 0 Å². The Morgan fingerprint density at radius 2 is 2.22 bits per heavy atom. The average Bonchev–Trinajstić information content (AvgIpc) is 3.01. The molecule has 0 fully saturated rings. The van der Waals surface area contributed by atoms with E-state index in [9.17, 15) is 19.6 Å². The van der Waals surface area contributed by atoms with Crippen molar-refractivity contribution in [2.75, 3.05) is 7.11 Å². The maximum Gasteiger partial charge on any atom is 0.315 e. The van der Waals surface area contributed by atoms with Gasteiger partial charge in [0.2, 0.25) is 10.5 Å². The number of nitrogens with zero attached hydrogens (tertiary/aromatic N) is 4. The molecule has 0 aliphatic heterocycles. The van der Waals surface area contributed by atoms with Crippen molar-refractivity contribution >= 4 is 24.1 Å².